The van der Waals surface area contributed by atoms with Crippen LogP contribution in [-0.2, 0) is 24.3 Å². The Labute approximate surface area is 209 Å². The summed E-state index contributed by atoms with van der Waals surface area (Å²) in [5, 5.41) is 2.87. The lowest BCUT2D eigenvalue weighted by Crippen LogP contribution is -2.34. The predicted molar refractivity (Wildman–Crippen MR) is 140 cm³/mol. The summed E-state index contributed by atoms with van der Waals surface area (Å²) in [6, 6.07) is 22.5. The first kappa shape index (κ1) is 24.5. The summed E-state index contributed by atoms with van der Waals surface area (Å²) in [6.07, 6.45) is 1.64. The number of nitrogens with two attached hydrogens (primary N) is 1. The van der Waals surface area contributed by atoms with Crippen molar-refractivity contribution in [2.45, 2.75) is 33.4 Å². The van der Waals surface area contributed by atoms with E-state index in [1.165, 1.54) is 4.68 Å². The van der Waals surface area contributed by atoms with Crippen molar-refractivity contribution in [1.29, 1.82) is 0 Å². The maximum absolute atomic E-state index is 13.2. The van der Waals surface area contributed by atoms with Crippen LogP contribution >= 0.6 is 0 Å². The second-order valence-electron chi connectivity index (χ2n) is 8.44. The van der Waals surface area contributed by atoms with E-state index in [-0.39, 0.29) is 17.9 Å². The number of anilines is 1. The highest BCUT2D eigenvalue weighted by Gasteiger charge is 2.13. The van der Waals surface area contributed by atoms with Crippen molar-refractivity contribution in [2.24, 2.45) is 0 Å². The molecule has 1 amide bonds. The van der Waals surface area contributed by atoms with E-state index in [9.17, 15) is 9.59 Å². The molecule has 0 bridgehead atoms. The molecule has 4 rings (SSSR count). The molecule has 0 aliphatic carbocycles. The zero-order valence-corrected chi connectivity index (χ0v) is 20.3. The van der Waals surface area contributed by atoms with E-state index in [1.54, 1.807) is 12.3 Å². The van der Waals surface area contributed by atoms with E-state index in [1.807, 2.05) is 80.6 Å². The Morgan fingerprint density at radius 2 is 1.69 bits per heavy atom. The monoisotopic (exact) mass is 483 g/mol. The fraction of sp³-hybridized carbons (Fsp3) is 0.179. The van der Waals surface area contributed by atoms with Gasteiger partial charge in [-0.05, 0) is 55.3 Å². The first-order valence-corrected chi connectivity index (χ1v) is 11.6. The number of rotatable bonds is 9. The highest BCUT2D eigenvalue weighted by molar-refractivity contribution is 5.78. The number of para-hydroxylation sites is 2. The van der Waals surface area contributed by atoms with Gasteiger partial charge in [0, 0.05) is 29.6 Å². The van der Waals surface area contributed by atoms with E-state index in [2.05, 4.69) is 15.7 Å². The number of pyridine rings is 2. The molecule has 0 fully saturated rings. The molecule has 0 atom stereocenters. The smallest absolute Gasteiger partial charge is 0.272 e. The molecule has 4 N–H and O–H groups in total. The highest BCUT2D eigenvalue weighted by atomic mass is 16.5. The number of hydrogen-bond donors (Lipinski definition) is 3. The molecule has 8 nitrogen and oxygen atoms in total. The van der Waals surface area contributed by atoms with Crippen LogP contribution in [0.1, 0.15) is 27.9 Å². The quantitative estimate of drug-likeness (QED) is 0.334. The molecule has 0 aliphatic rings. The van der Waals surface area contributed by atoms with Crippen LogP contribution in [0.2, 0.25) is 0 Å². The van der Waals surface area contributed by atoms with Gasteiger partial charge in [-0.15, -0.1) is 0 Å². The SMILES string of the molecule is Cc1ccn(NCc2ccccc2Oc2ccccc2)c(=O)c1CC(=O)NCc1ccc(N)nc1C. The number of nitrogens with one attached hydrogen (secondary N) is 2. The second kappa shape index (κ2) is 11.2. The van der Waals surface area contributed by atoms with Crippen molar-refractivity contribution in [3.8, 4) is 11.5 Å². The first-order chi connectivity index (χ1) is 17.4. The van der Waals surface area contributed by atoms with E-state index < -0.39 is 0 Å². The third kappa shape index (κ3) is 6.09. The summed E-state index contributed by atoms with van der Waals surface area (Å²) in [5.41, 5.74) is 12.3. The van der Waals surface area contributed by atoms with Crippen molar-refractivity contribution < 1.29 is 9.53 Å². The molecule has 2 aromatic carbocycles. The summed E-state index contributed by atoms with van der Waals surface area (Å²) >= 11 is 0. The molecule has 0 radical (unpaired) electrons. The standard InChI is InChI=1S/C28H29N5O3/c1-19-14-15-33(31-18-22-8-6-7-11-25(22)36-23-9-4-3-5-10-23)28(35)24(19)16-27(34)30-17-21-12-13-26(29)32-20(21)2/h3-15,31H,16-18H2,1-2H3,(H2,29,32)(H,30,34). The van der Waals surface area contributed by atoms with Crippen molar-refractivity contribution >= 4 is 11.7 Å². The Balaban J connectivity index is 1.43. The maximum Gasteiger partial charge on any atom is 0.272 e. The molecular formula is C28H29N5O3. The molecule has 0 aliphatic heterocycles. The third-order valence-corrected chi connectivity index (χ3v) is 5.84. The first-order valence-electron chi connectivity index (χ1n) is 11.6. The van der Waals surface area contributed by atoms with E-state index >= 15 is 0 Å². The Morgan fingerprint density at radius 3 is 2.47 bits per heavy atom. The van der Waals surface area contributed by atoms with Gasteiger partial charge in [0.05, 0.1) is 13.0 Å². The van der Waals surface area contributed by atoms with Crippen molar-refractivity contribution in [3.05, 3.63) is 117 Å². The number of ether oxygens (including phenoxy) is 1. The molecule has 0 unspecified atom stereocenters. The molecule has 0 saturated carbocycles. The number of hydrogen-bond acceptors (Lipinski definition) is 6. The normalized spacial score (nSPS) is 10.6. The number of aromatic nitrogens is 2. The van der Waals surface area contributed by atoms with Crippen LogP contribution in [-0.4, -0.2) is 15.6 Å². The van der Waals surface area contributed by atoms with Gasteiger partial charge in [0.15, 0.2) is 0 Å². The van der Waals surface area contributed by atoms with Gasteiger partial charge in [0.2, 0.25) is 5.91 Å². The number of aryl methyl sites for hydroxylation is 2. The topological polar surface area (TPSA) is 111 Å². The molecule has 8 heteroatoms. The van der Waals surface area contributed by atoms with Crippen LogP contribution in [0.5, 0.6) is 11.5 Å². The van der Waals surface area contributed by atoms with Gasteiger partial charge in [0.25, 0.3) is 5.56 Å². The molecule has 2 aromatic heterocycles. The number of nitrogen functional groups attached to an aromatic ring is 1. The fourth-order valence-electron chi connectivity index (χ4n) is 3.76. The molecule has 4 aromatic rings. The van der Waals surface area contributed by atoms with Crippen LogP contribution in [0, 0.1) is 13.8 Å². The minimum atomic E-state index is -0.267. The molecule has 0 saturated heterocycles. The Kier molecular flexibility index (Phi) is 7.65. The predicted octanol–water partition coefficient (Wildman–Crippen LogP) is 3.84. The zero-order chi connectivity index (χ0) is 25.5. The van der Waals surface area contributed by atoms with Crippen LogP contribution in [0.3, 0.4) is 0 Å². The minimum absolute atomic E-state index is 0.0255. The molecule has 184 valence electrons. The van der Waals surface area contributed by atoms with Crippen LogP contribution in [0.15, 0.2) is 83.8 Å². The summed E-state index contributed by atoms with van der Waals surface area (Å²) in [5.74, 6) is 1.62. The lowest BCUT2D eigenvalue weighted by molar-refractivity contribution is -0.120. The van der Waals surface area contributed by atoms with Gasteiger partial charge >= 0.3 is 0 Å². The third-order valence-electron chi connectivity index (χ3n) is 5.84. The number of amides is 1. The van der Waals surface area contributed by atoms with Crippen LogP contribution < -0.4 is 26.8 Å². The molecule has 0 spiro atoms. The summed E-state index contributed by atoms with van der Waals surface area (Å²) in [4.78, 5) is 30.0. The number of benzene rings is 2. The fourth-order valence-corrected chi connectivity index (χ4v) is 3.76. The molecular weight excluding hydrogens is 454 g/mol. The largest absolute Gasteiger partial charge is 0.457 e. The van der Waals surface area contributed by atoms with E-state index in [0.717, 1.165) is 28.1 Å². The molecule has 2 heterocycles. The van der Waals surface area contributed by atoms with Gasteiger partial charge in [-0.2, -0.15) is 0 Å². The summed E-state index contributed by atoms with van der Waals surface area (Å²) in [6.45, 7) is 4.34. The lowest BCUT2D eigenvalue weighted by atomic mass is 10.1. The van der Waals surface area contributed by atoms with Crippen molar-refractivity contribution in [1.82, 2.24) is 15.0 Å². The maximum atomic E-state index is 13.2. The van der Waals surface area contributed by atoms with Gasteiger partial charge in [-0.1, -0.05) is 42.5 Å². The Morgan fingerprint density at radius 1 is 0.944 bits per heavy atom. The van der Waals surface area contributed by atoms with Gasteiger partial charge in [0.1, 0.15) is 17.3 Å². The van der Waals surface area contributed by atoms with Crippen LogP contribution in [0.25, 0.3) is 0 Å². The summed E-state index contributed by atoms with van der Waals surface area (Å²) in [7, 11) is 0. The Bertz CT molecular complexity index is 1420. The van der Waals surface area contributed by atoms with Crippen molar-refractivity contribution in [2.75, 3.05) is 11.2 Å². The van der Waals surface area contributed by atoms with Crippen molar-refractivity contribution in [3.63, 3.8) is 0 Å². The van der Waals surface area contributed by atoms with E-state index in [4.69, 9.17) is 10.5 Å². The molecule has 36 heavy (non-hydrogen) atoms. The van der Waals surface area contributed by atoms with Gasteiger partial charge in [-0.3, -0.25) is 9.59 Å². The van der Waals surface area contributed by atoms with E-state index in [0.29, 0.717) is 30.2 Å². The second-order valence-corrected chi connectivity index (χ2v) is 8.44. The number of carbonyl (C=O) groups is 1. The number of nitrogens with zero attached hydrogens (tertiary/aromatic N) is 2. The summed E-state index contributed by atoms with van der Waals surface area (Å²) < 4.78 is 7.42. The average Bonchev–Trinajstić information content (AvgIpc) is 2.87. The van der Waals surface area contributed by atoms with Gasteiger partial charge in [-0.25, -0.2) is 9.66 Å². The average molecular weight is 484 g/mol. The zero-order valence-electron chi connectivity index (χ0n) is 20.3. The Hall–Kier alpha value is -4.59. The minimum Gasteiger partial charge on any atom is -0.457 e. The van der Waals surface area contributed by atoms with Crippen LogP contribution in [0.4, 0.5) is 5.82 Å². The highest BCUT2D eigenvalue weighted by Crippen LogP contribution is 2.25. The lowest BCUT2D eigenvalue weighted by Gasteiger charge is -2.15. The number of carbonyl (C=O) groups excluding carboxylic acids is 1. The van der Waals surface area contributed by atoms with Gasteiger partial charge < -0.3 is 21.2 Å².